The molecule has 4 heteroatoms. The molecule has 14 aromatic rings. The molecular formula is C66H45N3Si. The van der Waals surface area contributed by atoms with Crippen LogP contribution in [-0.4, -0.2) is 21.8 Å². The zero-order chi connectivity index (χ0) is 46.2. The number of benzene rings is 11. The lowest BCUT2D eigenvalue weighted by molar-refractivity contribution is 1.13. The number of nitrogens with zero attached hydrogens (tertiary/aromatic N) is 3. The molecule has 0 amide bonds. The summed E-state index contributed by atoms with van der Waals surface area (Å²) in [4.78, 5) is 0. The maximum atomic E-state index is 2.63. The predicted octanol–water partition coefficient (Wildman–Crippen LogP) is 14.0. The molecule has 3 aromatic heterocycles. The summed E-state index contributed by atoms with van der Waals surface area (Å²) in [6.07, 6.45) is 0. The number of aromatic nitrogens is 3. The van der Waals surface area contributed by atoms with E-state index in [9.17, 15) is 0 Å². The van der Waals surface area contributed by atoms with E-state index in [1.165, 1.54) is 86.3 Å². The van der Waals surface area contributed by atoms with Crippen LogP contribution in [0.3, 0.4) is 0 Å². The van der Waals surface area contributed by atoms with Gasteiger partial charge in [0.15, 0.2) is 8.07 Å². The Labute approximate surface area is 407 Å². The van der Waals surface area contributed by atoms with Crippen LogP contribution < -0.4 is 20.7 Å². The molecule has 0 aliphatic carbocycles. The Morgan fingerprint density at radius 1 is 0.257 bits per heavy atom. The van der Waals surface area contributed by atoms with E-state index in [1.54, 1.807) is 0 Å². The molecule has 0 unspecified atom stereocenters. The lowest BCUT2D eigenvalue weighted by Gasteiger charge is -2.35. The fourth-order valence-corrected chi connectivity index (χ4v) is 16.9. The second-order valence-corrected chi connectivity index (χ2v) is 22.1. The van der Waals surface area contributed by atoms with E-state index >= 15 is 0 Å². The largest absolute Gasteiger partial charge is 0.309 e. The molecule has 328 valence electrons. The normalized spacial score (nSPS) is 12.0. The third-order valence-corrected chi connectivity index (χ3v) is 19.6. The molecule has 0 saturated carbocycles. The maximum Gasteiger partial charge on any atom is 0.181 e. The molecule has 0 aliphatic heterocycles. The molecule has 0 spiro atoms. The minimum absolute atomic E-state index is 1.11. The van der Waals surface area contributed by atoms with Crippen LogP contribution in [0.25, 0.3) is 93.6 Å². The van der Waals surface area contributed by atoms with Crippen LogP contribution in [0.1, 0.15) is 0 Å². The van der Waals surface area contributed by atoms with Gasteiger partial charge >= 0.3 is 0 Å². The molecule has 0 saturated heterocycles. The summed E-state index contributed by atoms with van der Waals surface area (Å²) in [6.45, 7) is 0. The number of hydrogen-bond donors (Lipinski definition) is 0. The monoisotopic (exact) mass is 907 g/mol. The fourth-order valence-electron chi connectivity index (χ4n) is 11.9. The fraction of sp³-hybridized carbons (Fsp3) is 0. The molecule has 0 bridgehead atoms. The summed E-state index contributed by atoms with van der Waals surface area (Å²) in [7, 11) is -3.07. The average molecular weight is 908 g/mol. The van der Waals surface area contributed by atoms with Gasteiger partial charge in [0.1, 0.15) is 0 Å². The first-order valence-corrected chi connectivity index (χ1v) is 26.2. The Hall–Kier alpha value is -8.96. The van der Waals surface area contributed by atoms with Crippen molar-refractivity contribution in [3.63, 3.8) is 0 Å². The zero-order valence-electron chi connectivity index (χ0n) is 38.3. The van der Waals surface area contributed by atoms with E-state index in [1.807, 2.05) is 0 Å². The maximum absolute atomic E-state index is 3.07. The number of fused-ring (bicyclic) bond motifs is 9. The summed E-state index contributed by atoms with van der Waals surface area (Å²) in [6, 6.07) is 102. The highest BCUT2D eigenvalue weighted by Gasteiger charge is 2.43. The van der Waals surface area contributed by atoms with Gasteiger partial charge < -0.3 is 13.7 Å². The molecule has 0 N–H and O–H groups in total. The van der Waals surface area contributed by atoms with Crippen LogP contribution in [0.5, 0.6) is 0 Å². The van der Waals surface area contributed by atoms with Crippen molar-refractivity contribution in [1.82, 2.24) is 13.7 Å². The molecule has 0 aliphatic rings. The lowest BCUT2D eigenvalue weighted by atomic mass is 10.0. The Morgan fingerprint density at radius 3 is 1.36 bits per heavy atom. The van der Waals surface area contributed by atoms with Crippen LogP contribution in [0.4, 0.5) is 0 Å². The topological polar surface area (TPSA) is 14.8 Å². The number of rotatable bonds is 8. The quantitative estimate of drug-likeness (QED) is 0.107. The standard InChI is InChI=1S/C66H45N3Si/c1-6-23-46(24-7-1)47-43-44-59-56(45-47)54-35-21-42-63(70(49-27-10-3-11-28-49,50-29-12-4-13-30-50)51-31-14-5-15-32-51)66(54)69(59)62-41-20-36-55-64-60(67(65(55)62)48-25-8-2-9-26-48)39-22-40-61(64)68-57-37-18-16-33-52(57)53-34-17-19-38-58(53)68/h1-45H. The minimum Gasteiger partial charge on any atom is -0.309 e. The molecule has 0 radical (unpaired) electrons. The smallest absolute Gasteiger partial charge is 0.181 e. The van der Waals surface area contributed by atoms with E-state index < -0.39 is 8.07 Å². The van der Waals surface area contributed by atoms with Crippen molar-refractivity contribution >= 4 is 94.2 Å². The van der Waals surface area contributed by atoms with Crippen LogP contribution in [0.15, 0.2) is 273 Å². The minimum atomic E-state index is -3.07. The number of hydrogen-bond acceptors (Lipinski definition) is 0. The molecular weight excluding hydrogens is 863 g/mol. The van der Waals surface area contributed by atoms with E-state index in [2.05, 4.69) is 287 Å². The van der Waals surface area contributed by atoms with E-state index in [0.29, 0.717) is 0 Å². The van der Waals surface area contributed by atoms with E-state index in [0.717, 1.165) is 28.1 Å². The van der Waals surface area contributed by atoms with Gasteiger partial charge in [-0.15, -0.1) is 0 Å². The van der Waals surface area contributed by atoms with Crippen LogP contribution in [-0.2, 0) is 0 Å². The molecule has 11 aromatic carbocycles. The molecule has 0 atom stereocenters. The first-order valence-electron chi connectivity index (χ1n) is 24.2. The van der Waals surface area contributed by atoms with Crippen molar-refractivity contribution in [3.05, 3.63) is 273 Å². The second-order valence-electron chi connectivity index (χ2n) is 18.4. The van der Waals surface area contributed by atoms with Gasteiger partial charge in [0.25, 0.3) is 0 Å². The van der Waals surface area contributed by atoms with Crippen LogP contribution >= 0.6 is 0 Å². The summed E-state index contributed by atoms with van der Waals surface area (Å²) >= 11 is 0. The third kappa shape index (κ3) is 5.87. The van der Waals surface area contributed by atoms with Gasteiger partial charge in [-0.3, -0.25) is 0 Å². The summed E-state index contributed by atoms with van der Waals surface area (Å²) in [5.74, 6) is 0. The number of para-hydroxylation sites is 5. The highest BCUT2D eigenvalue weighted by Crippen LogP contribution is 2.44. The Morgan fingerprint density at radius 2 is 0.729 bits per heavy atom. The van der Waals surface area contributed by atoms with Crippen molar-refractivity contribution in [3.8, 4) is 28.2 Å². The first kappa shape index (κ1) is 40.1. The van der Waals surface area contributed by atoms with Crippen molar-refractivity contribution in [2.24, 2.45) is 0 Å². The SMILES string of the molecule is c1ccc(-c2ccc3c(c2)c2cccc([Si](c4ccccc4)(c4ccccc4)c4ccccc4)c2n3-c2cccc3c4c(-n5c6ccccc6c6ccccc65)cccc4n(-c4ccccc4)c23)cc1. The van der Waals surface area contributed by atoms with Crippen LogP contribution in [0, 0.1) is 0 Å². The Balaban J connectivity index is 1.18. The molecule has 70 heavy (non-hydrogen) atoms. The summed E-state index contributed by atoms with van der Waals surface area (Å²) < 4.78 is 7.63. The van der Waals surface area contributed by atoms with Gasteiger partial charge in [-0.2, -0.15) is 0 Å². The average Bonchev–Trinajstić information content (AvgIpc) is 4.09. The highest BCUT2D eigenvalue weighted by molar-refractivity contribution is 7.20. The van der Waals surface area contributed by atoms with Gasteiger partial charge in [-0.25, -0.2) is 0 Å². The predicted molar refractivity (Wildman–Crippen MR) is 299 cm³/mol. The van der Waals surface area contributed by atoms with Crippen LogP contribution in [0.2, 0.25) is 0 Å². The van der Waals surface area contributed by atoms with Gasteiger partial charge in [-0.1, -0.05) is 218 Å². The van der Waals surface area contributed by atoms with Crippen molar-refractivity contribution in [1.29, 1.82) is 0 Å². The lowest BCUT2D eigenvalue weighted by Crippen LogP contribution is -2.75. The van der Waals surface area contributed by atoms with Crippen molar-refractivity contribution in [2.75, 3.05) is 0 Å². The highest BCUT2D eigenvalue weighted by atomic mass is 28.3. The zero-order valence-corrected chi connectivity index (χ0v) is 39.3. The molecule has 0 fully saturated rings. The van der Waals surface area contributed by atoms with Crippen molar-refractivity contribution in [2.45, 2.75) is 0 Å². The third-order valence-electron chi connectivity index (χ3n) is 14.8. The molecule has 3 nitrogen and oxygen atoms in total. The van der Waals surface area contributed by atoms with Gasteiger partial charge in [0.05, 0.1) is 44.5 Å². The van der Waals surface area contributed by atoms with Gasteiger partial charge in [0, 0.05) is 38.0 Å². The van der Waals surface area contributed by atoms with Gasteiger partial charge in [0.2, 0.25) is 0 Å². The first-order chi connectivity index (χ1) is 34.8. The van der Waals surface area contributed by atoms with E-state index in [-0.39, 0.29) is 0 Å². The molecule has 14 rings (SSSR count). The van der Waals surface area contributed by atoms with E-state index in [4.69, 9.17) is 0 Å². The molecule has 3 heterocycles. The van der Waals surface area contributed by atoms with Gasteiger partial charge in [-0.05, 0) is 86.5 Å². The second kappa shape index (κ2) is 16.1. The Bertz CT molecular complexity index is 4120. The summed E-state index contributed by atoms with van der Waals surface area (Å²) in [5, 5.41) is 12.7. The van der Waals surface area contributed by atoms with Crippen molar-refractivity contribution < 1.29 is 0 Å². The summed E-state index contributed by atoms with van der Waals surface area (Å²) in [5.41, 5.74) is 12.9. The Kier molecular flexibility index (Phi) is 9.23.